The molecule has 1 aliphatic carbocycles. The lowest BCUT2D eigenvalue weighted by Crippen LogP contribution is -2.44. The molecule has 1 saturated heterocycles. The summed E-state index contributed by atoms with van der Waals surface area (Å²) >= 11 is 0. The van der Waals surface area contributed by atoms with Gasteiger partial charge in [0.05, 0.1) is 11.8 Å². The van der Waals surface area contributed by atoms with Crippen molar-refractivity contribution in [2.75, 3.05) is 6.54 Å². The molecule has 0 aromatic heterocycles. The van der Waals surface area contributed by atoms with Crippen LogP contribution in [0.2, 0.25) is 0 Å². The van der Waals surface area contributed by atoms with E-state index in [1.54, 1.807) is 0 Å². The van der Waals surface area contributed by atoms with Gasteiger partial charge in [0, 0.05) is 18.9 Å². The minimum Gasteiger partial charge on any atom is -0.379 e. The van der Waals surface area contributed by atoms with E-state index in [0.29, 0.717) is 5.70 Å². The predicted octanol–water partition coefficient (Wildman–Crippen LogP) is 1.01. The first-order valence-corrected chi connectivity index (χ1v) is 4.65. The van der Waals surface area contributed by atoms with E-state index >= 15 is 0 Å². The zero-order valence-corrected chi connectivity index (χ0v) is 7.47. The summed E-state index contributed by atoms with van der Waals surface area (Å²) in [6, 6.07) is 2.28. The maximum Gasteiger partial charge on any atom is 0.145 e. The molecule has 0 atom stereocenters. The van der Waals surface area contributed by atoms with Crippen molar-refractivity contribution in [1.29, 1.82) is 5.26 Å². The van der Waals surface area contributed by atoms with E-state index in [0.717, 1.165) is 32.2 Å². The highest BCUT2D eigenvalue weighted by Crippen LogP contribution is 2.52. The molecule has 3 nitrogen and oxygen atoms in total. The quantitative estimate of drug-likeness (QED) is 0.560. The highest BCUT2D eigenvalue weighted by Gasteiger charge is 2.46. The summed E-state index contributed by atoms with van der Waals surface area (Å²) < 4.78 is 0. The van der Waals surface area contributed by atoms with Gasteiger partial charge in [-0.05, 0) is 24.7 Å². The van der Waals surface area contributed by atoms with Gasteiger partial charge in [-0.25, -0.2) is 4.79 Å². The molecule has 0 amide bonds. The molecular formula is C10H12N2O. The van der Waals surface area contributed by atoms with E-state index in [4.69, 9.17) is 5.26 Å². The lowest BCUT2D eigenvalue weighted by atomic mass is 9.58. The Bertz CT molecular complexity index is 303. The van der Waals surface area contributed by atoms with E-state index in [-0.39, 0.29) is 11.3 Å². The van der Waals surface area contributed by atoms with Crippen molar-refractivity contribution in [2.24, 2.45) is 11.3 Å². The first kappa shape index (κ1) is 8.34. The fourth-order valence-corrected chi connectivity index (χ4v) is 2.50. The molecule has 2 aliphatic rings. The van der Waals surface area contributed by atoms with E-state index in [9.17, 15) is 4.79 Å². The summed E-state index contributed by atoms with van der Waals surface area (Å²) in [4.78, 5) is 10.4. The zero-order chi connectivity index (χ0) is 9.31. The van der Waals surface area contributed by atoms with Crippen LogP contribution in [-0.4, -0.2) is 12.5 Å². The molecule has 0 bridgehead atoms. The summed E-state index contributed by atoms with van der Waals surface area (Å²) in [5.74, 6) is 2.16. The van der Waals surface area contributed by atoms with Crippen molar-refractivity contribution in [3.8, 4) is 6.07 Å². The SMILES string of the molecule is N#CC1CC2(CCNC(=C=O)C2)C1. The number of hydrogen-bond donors (Lipinski definition) is 1. The van der Waals surface area contributed by atoms with E-state index in [1.165, 1.54) is 0 Å². The number of allylic oxidation sites excluding steroid dienone is 1. The van der Waals surface area contributed by atoms with Gasteiger partial charge < -0.3 is 5.32 Å². The third-order valence-corrected chi connectivity index (χ3v) is 3.21. The van der Waals surface area contributed by atoms with Gasteiger partial charge in [-0.1, -0.05) is 0 Å². The molecule has 1 spiro atoms. The summed E-state index contributed by atoms with van der Waals surface area (Å²) in [5.41, 5.74) is 0.959. The largest absolute Gasteiger partial charge is 0.379 e. The Hall–Kier alpha value is -1.26. The smallest absolute Gasteiger partial charge is 0.145 e. The first-order chi connectivity index (χ1) is 6.28. The number of hydrogen-bond acceptors (Lipinski definition) is 3. The molecule has 3 heteroatoms. The van der Waals surface area contributed by atoms with Crippen molar-refractivity contribution in [2.45, 2.75) is 25.7 Å². The third kappa shape index (κ3) is 1.34. The number of piperidine rings is 1. The maximum absolute atomic E-state index is 10.4. The fourth-order valence-electron chi connectivity index (χ4n) is 2.50. The standard InChI is InChI=1S/C10H12N2O/c11-6-8-3-10(4-8)1-2-12-9(5-10)7-13/h8,12H,1-5H2. The Morgan fingerprint density at radius 1 is 1.54 bits per heavy atom. The third-order valence-electron chi connectivity index (χ3n) is 3.21. The average Bonchev–Trinajstić information content (AvgIpc) is 2.14. The zero-order valence-electron chi connectivity index (χ0n) is 7.47. The molecule has 0 aromatic carbocycles. The van der Waals surface area contributed by atoms with Crippen LogP contribution < -0.4 is 5.32 Å². The molecule has 1 saturated carbocycles. The van der Waals surface area contributed by atoms with E-state index in [2.05, 4.69) is 11.4 Å². The van der Waals surface area contributed by atoms with Gasteiger partial charge in [0.2, 0.25) is 0 Å². The topological polar surface area (TPSA) is 52.9 Å². The second-order valence-corrected chi connectivity index (χ2v) is 4.17. The minimum absolute atomic E-state index is 0.228. The molecule has 0 aromatic rings. The second-order valence-electron chi connectivity index (χ2n) is 4.17. The van der Waals surface area contributed by atoms with Gasteiger partial charge in [0.25, 0.3) is 0 Å². The highest BCUT2D eigenvalue weighted by atomic mass is 16.1. The van der Waals surface area contributed by atoms with Crippen LogP contribution in [0.4, 0.5) is 0 Å². The molecule has 2 fully saturated rings. The lowest BCUT2D eigenvalue weighted by Gasteiger charge is -2.48. The van der Waals surface area contributed by atoms with Crippen LogP contribution in [0.3, 0.4) is 0 Å². The normalized spacial score (nSPS) is 37.2. The Morgan fingerprint density at radius 2 is 2.31 bits per heavy atom. The molecule has 0 radical (unpaired) electrons. The Balaban J connectivity index is 2.03. The van der Waals surface area contributed by atoms with Crippen LogP contribution in [-0.2, 0) is 4.79 Å². The Kier molecular flexibility index (Phi) is 1.86. The number of nitriles is 1. The van der Waals surface area contributed by atoms with Gasteiger partial charge in [-0.15, -0.1) is 0 Å². The molecule has 2 rings (SSSR count). The van der Waals surface area contributed by atoms with Crippen LogP contribution in [0.5, 0.6) is 0 Å². The number of rotatable bonds is 0. The molecule has 0 unspecified atom stereocenters. The first-order valence-electron chi connectivity index (χ1n) is 4.65. The van der Waals surface area contributed by atoms with E-state index < -0.39 is 0 Å². The summed E-state index contributed by atoms with van der Waals surface area (Å²) in [7, 11) is 0. The van der Waals surface area contributed by atoms with Gasteiger partial charge in [-0.3, -0.25) is 0 Å². The summed E-state index contributed by atoms with van der Waals surface area (Å²) in [5, 5.41) is 11.7. The van der Waals surface area contributed by atoms with Gasteiger partial charge in [0.15, 0.2) is 0 Å². The molecule has 68 valence electrons. The maximum atomic E-state index is 10.4. The molecule has 1 aliphatic heterocycles. The number of nitrogens with one attached hydrogen (secondary N) is 1. The van der Waals surface area contributed by atoms with E-state index in [1.807, 2.05) is 5.94 Å². The molecule has 13 heavy (non-hydrogen) atoms. The summed E-state index contributed by atoms with van der Waals surface area (Å²) in [6.07, 6.45) is 3.83. The molecular weight excluding hydrogens is 164 g/mol. The van der Waals surface area contributed by atoms with Crippen molar-refractivity contribution in [3.63, 3.8) is 0 Å². The van der Waals surface area contributed by atoms with Crippen LogP contribution in [0.15, 0.2) is 5.70 Å². The van der Waals surface area contributed by atoms with Gasteiger partial charge >= 0.3 is 0 Å². The lowest BCUT2D eigenvalue weighted by molar-refractivity contribution is 0.0630. The van der Waals surface area contributed by atoms with Crippen molar-refractivity contribution in [1.82, 2.24) is 5.32 Å². The Morgan fingerprint density at radius 3 is 2.92 bits per heavy atom. The van der Waals surface area contributed by atoms with Crippen LogP contribution in [0.25, 0.3) is 0 Å². The average molecular weight is 176 g/mol. The van der Waals surface area contributed by atoms with Crippen LogP contribution >= 0.6 is 0 Å². The molecule has 1 heterocycles. The minimum atomic E-state index is 0.228. The van der Waals surface area contributed by atoms with Crippen molar-refractivity contribution >= 4 is 5.94 Å². The van der Waals surface area contributed by atoms with Gasteiger partial charge in [-0.2, -0.15) is 5.26 Å². The van der Waals surface area contributed by atoms with Crippen molar-refractivity contribution in [3.05, 3.63) is 5.70 Å². The second kappa shape index (κ2) is 2.90. The Labute approximate surface area is 77.4 Å². The van der Waals surface area contributed by atoms with Crippen LogP contribution in [0.1, 0.15) is 25.7 Å². The number of carbonyl (C=O) groups excluding carboxylic acids is 1. The highest BCUT2D eigenvalue weighted by molar-refractivity contribution is 5.52. The summed E-state index contributed by atoms with van der Waals surface area (Å²) in [6.45, 7) is 0.864. The monoisotopic (exact) mass is 176 g/mol. The predicted molar refractivity (Wildman–Crippen MR) is 47.2 cm³/mol. The van der Waals surface area contributed by atoms with Crippen LogP contribution in [0, 0.1) is 22.7 Å². The fraction of sp³-hybridized carbons (Fsp3) is 0.700. The van der Waals surface area contributed by atoms with Gasteiger partial charge in [0.1, 0.15) is 5.94 Å². The molecule has 1 N–H and O–H groups in total. The van der Waals surface area contributed by atoms with Crippen molar-refractivity contribution < 1.29 is 4.79 Å². The number of nitrogens with zero attached hydrogens (tertiary/aromatic N) is 1.